The number of halogens is 1. The molecule has 5 heteroatoms. The summed E-state index contributed by atoms with van der Waals surface area (Å²) in [5, 5.41) is 0.863. The van der Waals surface area contributed by atoms with Gasteiger partial charge in [-0.15, -0.1) is 11.3 Å². The molecule has 2 rings (SSSR count). The lowest BCUT2D eigenvalue weighted by molar-refractivity contribution is 0.190. The highest BCUT2D eigenvalue weighted by atomic mass is 32.1. The lowest BCUT2D eigenvalue weighted by Crippen LogP contribution is -2.10. The molecule has 0 amide bonds. The molecule has 92 valence electrons. The first-order chi connectivity index (χ1) is 8.20. The van der Waals surface area contributed by atoms with Gasteiger partial charge in [-0.25, -0.2) is 9.37 Å². The molecular weight excluding hydrogens is 239 g/mol. The van der Waals surface area contributed by atoms with Crippen molar-refractivity contribution in [2.75, 3.05) is 13.7 Å². The number of fused-ring (bicyclic) bond motifs is 1. The Labute approximate surface area is 103 Å². The summed E-state index contributed by atoms with van der Waals surface area (Å²) in [5.74, 6) is -0.262. The first kappa shape index (κ1) is 12.4. The van der Waals surface area contributed by atoms with Gasteiger partial charge in [0.1, 0.15) is 10.8 Å². The molecule has 1 aromatic heterocycles. The van der Waals surface area contributed by atoms with E-state index in [-0.39, 0.29) is 11.9 Å². The summed E-state index contributed by atoms with van der Waals surface area (Å²) in [6, 6.07) is 4.54. The van der Waals surface area contributed by atoms with Gasteiger partial charge in [0.15, 0.2) is 0 Å². The van der Waals surface area contributed by atoms with Crippen molar-refractivity contribution in [3.8, 4) is 0 Å². The van der Waals surface area contributed by atoms with Crippen LogP contribution in [0.3, 0.4) is 0 Å². The van der Waals surface area contributed by atoms with E-state index in [4.69, 9.17) is 10.5 Å². The van der Waals surface area contributed by atoms with Crippen molar-refractivity contribution in [3.63, 3.8) is 0 Å². The first-order valence-electron chi connectivity index (χ1n) is 5.51. The van der Waals surface area contributed by atoms with Crippen molar-refractivity contribution < 1.29 is 9.13 Å². The largest absolute Gasteiger partial charge is 0.385 e. The van der Waals surface area contributed by atoms with Crippen LogP contribution < -0.4 is 5.73 Å². The van der Waals surface area contributed by atoms with E-state index in [1.54, 1.807) is 13.2 Å². The second-order valence-corrected chi connectivity index (χ2v) is 4.97. The SMILES string of the molecule is COCCCC(N)c1nc2cc(F)ccc2s1. The summed E-state index contributed by atoms with van der Waals surface area (Å²) in [4.78, 5) is 4.36. The van der Waals surface area contributed by atoms with Crippen LogP contribution in [0.2, 0.25) is 0 Å². The predicted molar refractivity (Wildman–Crippen MR) is 67.6 cm³/mol. The molecule has 0 aliphatic rings. The first-order valence-corrected chi connectivity index (χ1v) is 6.33. The Bertz CT molecular complexity index is 500. The van der Waals surface area contributed by atoms with Crippen LogP contribution in [0.5, 0.6) is 0 Å². The maximum Gasteiger partial charge on any atom is 0.125 e. The quantitative estimate of drug-likeness (QED) is 0.835. The molecule has 0 saturated carbocycles. The van der Waals surface area contributed by atoms with Crippen molar-refractivity contribution in [1.82, 2.24) is 4.98 Å². The molecule has 0 bridgehead atoms. The minimum absolute atomic E-state index is 0.0920. The lowest BCUT2D eigenvalue weighted by Gasteiger charge is -2.06. The molecule has 1 heterocycles. The molecule has 2 aromatic rings. The van der Waals surface area contributed by atoms with Crippen LogP contribution in [0.25, 0.3) is 10.2 Å². The lowest BCUT2D eigenvalue weighted by atomic mass is 10.2. The second-order valence-electron chi connectivity index (χ2n) is 3.91. The molecule has 17 heavy (non-hydrogen) atoms. The third-order valence-corrected chi connectivity index (χ3v) is 3.72. The molecule has 1 unspecified atom stereocenters. The Morgan fingerprint density at radius 3 is 3.12 bits per heavy atom. The van der Waals surface area contributed by atoms with E-state index in [9.17, 15) is 4.39 Å². The average Bonchev–Trinajstić information content (AvgIpc) is 2.72. The molecular formula is C12H15FN2OS. The highest BCUT2D eigenvalue weighted by molar-refractivity contribution is 7.18. The van der Waals surface area contributed by atoms with E-state index in [1.165, 1.54) is 23.5 Å². The van der Waals surface area contributed by atoms with Crippen LogP contribution >= 0.6 is 11.3 Å². The smallest absolute Gasteiger partial charge is 0.125 e. The van der Waals surface area contributed by atoms with E-state index in [0.29, 0.717) is 12.1 Å². The number of benzene rings is 1. The van der Waals surface area contributed by atoms with Crippen LogP contribution in [0.15, 0.2) is 18.2 Å². The Morgan fingerprint density at radius 1 is 1.53 bits per heavy atom. The predicted octanol–water partition coefficient (Wildman–Crippen LogP) is 2.86. The monoisotopic (exact) mass is 254 g/mol. The fourth-order valence-corrected chi connectivity index (χ4v) is 2.63. The molecule has 0 radical (unpaired) electrons. The third kappa shape index (κ3) is 3.00. The van der Waals surface area contributed by atoms with Crippen molar-refractivity contribution in [1.29, 1.82) is 0 Å². The van der Waals surface area contributed by atoms with Gasteiger partial charge in [0.25, 0.3) is 0 Å². The molecule has 2 N–H and O–H groups in total. The Balaban J connectivity index is 2.12. The van der Waals surface area contributed by atoms with Crippen LogP contribution in [-0.2, 0) is 4.74 Å². The maximum atomic E-state index is 13.0. The van der Waals surface area contributed by atoms with Gasteiger partial charge >= 0.3 is 0 Å². The minimum atomic E-state index is -0.262. The van der Waals surface area contributed by atoms with Crippen molar-refractivity contribution in [3.05, 3.63) is 29.0 Å². The highest BCUT2D eigenvalue weighted by Crippen LogP contribution is 2.27. The molecule has 1 atom stereocenters. The van der Waals surface area contributed by atoms with Gasteiger partial charge in [-0.2, -0.15) is 0 Å². The number of ether oxygens (including phenoxy) is 1. The number of thiazole rings is 1. The normalized spacial score (nSPS) is 13.1. The van der Waals surface area contributed by atoms with E-state index in [2.05, 4.69) is 4.98 Å². The molecule has 0 aliphatic carbocycles. The number of nitrogens with two attached hydrogens (primary N) is 1. The summed E-state index contributed by atoms with van der Waals surface area (Å²) in [7, 11) is 1.67. The van der Waals surface area contributed by atoms with Gasteiger partial charge in [-0.1, -0.05) is 0 Å². The summed E-state index contributed by atoms with van der Waals surface area (Å²) in [5.41, 5.74) is 6.72. The molecule has 0 aliphatic heterocycles. The standard InChI is InChI=1S/C12H15FN2OS/c1-16-6-2-3-9(14)12-15-10-7-8(13)4-5-11(10)17-12/h4-5,7,9H,2-3,6,14H2,1H3. The molecule has 3 nitrogen and oxygen atoms in total. The number of hydrogen-bond acceptors (Lipinski definition) is 4. The van der Waals surface area contributed by atoms with E-state index in [1.807, 2.05) is 0 Å². The molecule has 0 saturated heterocycles. The molecule has 1 aromatic carbocycles. The highest BCUT2D eigenvalue weighted by Gasteiger charge is 2.12. The summed E-state index contributed by atoms with van der Waals surface area (Å²) in [6.07, 6.45) is 1.73. The van der Waals surface area contributed by atoms with E-state index < -0.39 is 0 Å². The van der Waals surface area contributed by atoms with Gasteiger partial charge < -0.3 is 10.5 Å². The summed E-state index contributed by atoms with van der Waals surface area (Å²) < 4.78 is 19.0. The van der Waals surface area contributed by atoms with E-state index in [0.717, 1.165) is 22.5 Å². The van der Waals surface area contributed by atoms with Crippen molar-refractivity contribution in [2.24, 2.45) is 5.73 Å². The zero-order valence-electron chi connectivity index (χ0n) is 9.65. The zero-order valence-corrected chi connectivity index (χ0v) is 10.5. The Hall–Kier alpha value is -1.04. The number of methoxy groups -OCH3 is 1. The van der Waals surface area contributed by atoms with Crippen molar-refractivity contribution >= 4 is 21.6 Å². The van der Waals surface area contributed by atoms with E-state index >= 15 is 0 Å². The average molecular weight is 254 g/mol. The number of nitrogens with zero attached hydrogens (tertiary/aromatic N) is 1. The topological polar surface area (TPSA) is 48.1 Å². The van der Waals surface area contributed by atoms with Crippen molar-refractivity contribution in [2.45, 2.75) is 18.9 Å². The summed E-state index contributed by atoms with van der Waals surface area (Å²) >= 11 is 1.53. The van der Waals surface area contributed by atoms with Crippen LogP contribution in [0.4, 0.5) is 4.39 Å². The Morgan fingerprint density at radius 2 is 2.35 bits per heavy atom. The second kappa shape index (κ2) is 5.53. The van der Waals surface area contributed by atoms with Crippen LogP contribution in [0.1, 0.15) is 23.9 Å². The third-order valence-electron chi connectivity index (χ3n) is 2.55. The van der Waals surface area contributed by atoms with Crippen LogP contribution in [-0.4, -0.2) is 18.7 Å². The summed E-state index contributed by atoms with van der Waals surface area (Å²) in [6.45, 7) is 0.702. The minimum Gasteiger partial charge on any atom is -0.385 e. The molecule has 0 fully saturated rings. The zero-order chi connectivity index (χ0) is 12.3. The van der Waals surface area contributed by atoms with Gasteiger partial charge in [0.2, 0.25) is 0 Å². The number of rotatable bonds is 5. The fraction of sp³-hybridized carbons (Fsp3) is 0.417. The molecule has 0 spiro atoms. The maximum absolute atomic E-state index is 13.0. The van der Waals surface area contributed by atoms with Gasteiger partial charge in [0.05, 0.1) is 16.3 Å². The number of aromatic nitrogens is 1. The fourth-order valence-electron chi connectivity index (χ4n) is 1.65. The van der Waals surface area contributed by atoms with Gasteiger partial charge in [0, 0.05) is 19.8 Å². The van der Waals surface area contributed by atoms with Crippen LogP contribution in [0, 0.1) is 5.82 Å². The van der Waals surface area contributed by atoms with Gasteiger partial charge in [-0.05, 0) is 25.0 Å². The number of hydrogen-bond donors (Lipinski definition) is 1. The van der Waals surface area contributed by atoms with Gasteiger partial charge in [-0.3, -0.25) is 0 Å². The Kier molecular flexibility index (Phi) is 4.04.